The maximum atomic E-state index is 13.0. The summed E-state index contributed by atoms with van der Waals surface area (Å²) in [5.74, 6) is -0.210. The maximum absolute atomic E-state index is 13.0. The molecule has 1 aromatic carbocycles. The molecule has 1 heterocycles. The Labute approximate surface area is 117 Å². The van der Waals surface area contributed by atoms with E-state index in [-0.39, 0.29) is 11.9 Å². The van der Waals surface area contributed by atoms with Crippen LogP contribution >= 0.6 is 11.3 Å². The molecule has 1 N–H and O–H groups in total. The van der Waals surface area contributed by atoms with E-state index in [1.54, 1.807) is 11.3 Å². The summed E-state index contributed by atoms with van der Waals surface area (Å²) in [6.45, 7) is 8.30. The van der Waals surface area contributed by atoms with Crippen LogP contribution in [0.3, 0.4) is 0 Å². The summed E-state index contributed by atoms with van der Waals surface area (Å²) in [5.41, 5.74) is 2.11. The third-order valence-corrected chi connectivity index (χ3v) is 4.13. The molecule has 19 heavy (non-hydrogen) atoms. The van der Waals surface area contributed by atoms with Crippen LogP contribution < -0.4 is 5.32 Å². The predicted octanol–water partition coefficient (Wildman–Crippen LogP) is 3.99. The highest BCUT2D eigenvalue weighted by molar-refractivity contribution is 7.11. The molecule has 0 aliphatic carbocycles. The van der Waals surface area contributed by atoms with E-state index in [4.69, 9.17) is 0 Å². The number of aryl methyl sites for hydroxylation is 2. The number of benzene rings is 1. The van der Waals surface area contributed by atoms with Gasteiger partial charge in [0, 0.05) is 10.9 Å². The summed E-state index contributed by atoms with van der Waals surface area (Å²) >= 11 is 1.70. The largest absolute Gasteiger partial charge is 0.302 e. The van der Waals surface area contributed by atoms with Crippen molar-refractivity contribution in [3.63, 3.8) is 0 Å². The van der Waals surface area contributed by atoms with Gasteiger partial charge in [-0.3, -0.25) is 0 Å². The first kappa shape index (κ1) is 14.2. The van der Waals surface area contributed by atoms with Crippen LogP contribution in [0.5, 0.6) is 0 Å². The van der Waals surface area contributed by atoms with Crippen molar-refractivity contribution in [2.45, 2.75) is 39.8 Å². The van der Waals surface area contributed by atoms with Crippen LogP contribution in [0, 0.1) is 19.7 Å². The van der Waals surface area contributed by atoms with E-state index in [9.17, 15) is 4.39 Å². The average molecular weight is 278 g/mol. The molecule has 0 spiro atoms. The van der Waals surface area contributed by atoms with Crippen molar-refractivity contribution in [2.75, 3.05) is 0 Å². The molecule has 0 bridgehead atoms. The van der Waals surface area contributed by atoms with Gasteiger partial charge in [0.25, 0.3) is 0 Å². The van der Waals surface area contributed by atoms with E-state index >= 15 is 0 Å². The van der Waals surface area contributed by atoms with Crippen LogP contribution in [0.2, 0.25) is 0 Å². The number of hydrogen-bond donors (Lipinski definition) is 1. The van der Waals surface area contributed by atoms with Gasteiger partial charge in [-0.25, -0.2) is 9.37 Å². The molecule has 1 unspecified atom stereocenters. The first-order valence-electron chi connectivity index (χ1n) is 6.43. The number of rotatable bonds is 4. The molecular formula is C15H19FN2S. The lowest BCUT2D eigenvalue weighted by Gasteiger charge is -2.19. The van der Waals surface area contributed by atoms with Crippen LogP contribution in [0.15, 0.2) is 24.3 Å². The maximum Gasteiger partial charge on any atom is 0.123 e. The third kappa shape index (κ3) is 3.39. The van der Waals surface area contributed by atoms with Gasteiger partial charge in [0.05, 0.1) is 11.7 Å². The van der Waals surface area contributed by atoms with E-state index in [0.717, 1.165) is 16.3 Å². The van der Waals surface area contributed by atoms with Gasteiger partial charge in [-0.1, -0.05) is 12.1 Å². The molecule has 4 heteroatoms. The zero-order chi connectivity index (χ0) is 14.0. The predicted molar refractivity (Wildman–Crippen MR) is 78.1 cm³/mol. The number of nitrogens with one attached hydrogen (secondary N) is 1. The van der Waals surface area contributed by atoms with Gasteiger partial charge >= 0.3 is 0 Å². The van der Waals surface area contributed by atoms with Gasteiger partial charge in [-0.05, 0) is 45.4 Å². The Morgan fingerprint density at radius 3 is 2.26 bits per heavy atom. The lowest BCUT2D eigenvalue weighted by molar-refractivity contribution is 0.525. The highest BCUT2D eigenvalue weighted by Gasteiger charge is 2.19. The second-order valence-corrected chi connectivity index (χ2v) is 6.23. The summed E-state index contributed by atoms with van der Waals surface area (Å²) in [5, 5.41) is 4.54. The molecule has 0 saturated carbocycles. The monoisotopic (exact) mass is 278 g/mol. The number of nitrogens with zero attached hydrogens (tertiary/aromatic N) is 1. The van der Waals surface area contributed by atoms with Crippen LogP contribution in [-0.4, -0.2) is 11.0 Å². The lowest BCUT2D eigenvalue weighted by atomic mass is 10.1. The molecule has 0 aliphatic rings. The zero-order valence-electron chi connectivity index (χ0n) is 11.7. The highest BCUT2D eigenvalue weighted by atomic mass is 32.1. The molecule has 0 radical (unpaired) electrons. The highest BCUT2D eigenvalue weighted by Crippen LogP contribution is 2.28. The lowest BCUT2D eigenvalue weighted by Crippen LogP contribution is -2.28. The molecule has 2 nitrogen and oxygen atoms in total. The number of hydrogen-bond acceptors (Lipinski definition) is 3. The Morgan fingerprint density at radius 2 is 1.79 bits per heavy atom. The zero-order valence-corrected chi connectivity index (χ0v) is 12.5. The number of aromatic nitrogens is 1. The van der Waals surface area contributed by atoms with Crippen LogP contribution in [0.4, 0.5) is 4.39 Å². The van der Waals surface area contributed by atoms with Crippen LogP contribution in [0.1, 0.15) is 41.0 Å². The van der Waals surface area contributed by atoms with E-state index in [2.05, 4.69) is 31.1 Å². The van der Waals surface area contributed by atoms with Crippen LogP contribution in [-0.2, 0) is 0 Å². The first-order chi connectivity index (χ1) is 8.97. The van der Waals surface area contributed by atoms with Crippen molar-refractivity contribution < 1.29 is 4.39 Å². The molecule has 1 aromatic heterocycles. The molecule has 2 aromatic rings. The van der Waals surface area contributed by atoms with Crippen molar-refractivity contribution >= 4 is 11.3 Å². The second-order valence-electron chi connectivity index (χ2n) is 5.00. The average Bonchev–Trinajstić information content (AvgIpc) is 2.67. The fourth-order valence-corrected chi connectivity index (χ4v) is 2.93. The van der Waals surface area contributed by atoms with Gasteiger partial charge in [-0.2, -0.15) is 0 Å². The summed E-state index contributed by atoms with van der Waals surface area (Å²) in [6, 6.07) is 7.00. The first-order valence-corrected chi connectivity index (χ1v) is 7.24. The van der Waals surface area contributed by atoms with E-state index < -0.39 is 0 Å². The van der Waals surface area contributed by atoms with Crippen molar-refractivity contribution in [3.8, 4) is 0 Å². The quantitative estimate of drug-likeness (QED) is 0.915. The minimum Gasteiger partial charge on any atom is -0.302 e. The smallest absolute Gasteiger partial charge is 0.123 e. The van der Waals surface area contributed by atoms with E-state index in [0.29, 0.717) is 6.04 Å². The Hall–Kier alpha value is -1.26. The minimum atomic E-state index is -0.210. The Morgan fingerprint density at radius 1 is 1.16 bits per heavy atom. The minimum absolute atomic E-state index is 0.0259. The second kappa shape index (κ2) is 5.80. The standard InChI is InChI=1S/C15H19FN2S/c1-9(2)17-14(12-5-7-13(16)8-6-12)15-18-10(3)11(4)19-15/h5-9,14,17H,1-4H3. The Balaban J connectivity index is 2.37. The van der Waals surface area contributed by atoms with Gasteiger partial charge in [0.2, 0.25) is 0 Å². The molecule has 2 rings (SSSR count). The fourth-order valence-electron chi connectivity index (χ4n) is 1.92. The Kier molecular flexibility index (Phi) is 4.32. The molecule has 0 saturated heterocycles. The van der Waals surface area contributed by atoms with Gasteiger partial charge in [0.1, 0.15) is 10.8 Å². The van der Waals surface area contributed by atoms with Crippen LogP contribution in [0.25, 0.3) is 0 Å². The summed E-state index contributed by atoms with van der Waals surface area (Å²) < 4.78 is 13.0. The molecular weight excluding hydrogens is 259 g/mol. The fraction of sp³-hybridized carbons (Fsp3) is 0.400. The normalized spacial score (nSPS) is 12.9. The molecule has 102 valence electrons. The van der Waals surface area contributed by atoms with Crippen molar-refractivity contribution in [2.24, 2.45) is 0 Å². The van der Waals surface area contributed by atoms with Crippen molar-refractivity contribution in [1.29, 1.82) is 0 Å². The SMILES string of the molecule is Cc1nc(C(NC(C)C)c2ccc(F)cc2)sc1C. The van der Waals surface area contributed by atoms with Crippen molar-refractivity contribution in [1.82, 2.24) is 10.3 Å². The molecule has 0 fully saturated rings. The van der Waals surface area contributed by atoms with Crippen molar-refractivity contribution in [3.05, 3.63) is 51.2 Å². The molecule has 1 atom stereocenters. The third-order valence-electron chi connectivity index (χ3n) is 3.00. The van der Waals surface area contributed by atoms with Gasteiger partial charge in [0.15, 0.2) is 0 Å². The molecule has 0 aliphatic heterocycles. The Bertz CT molecular complexity index is 526. The van der Waals surface area contributed by atoms with Gasteiger partial charge < -0.3 is 5.32 Å². The number of halogens is 1. The summed E-state index contributed by atoms with van der Waals surface area (Å²) in [7, 11) is 0. The summed E-state index contributed by atoms with van der Waals surface area (Å²) in [6.07, 6.45) is 0. The van der Waals surface area contributed by atoms with E-state index in [1.807, 2.05) is 19.1 Å². The topological polar surface area (TPSA) is 24.9 Å². The van der Waals surface area contributed by atoms with Gasteiger partial charge in [-0.15, -0.1) is 11.3 Å². The summed E-state index contributed by atoms with van der Waals surface area (Å²) in [4.78, 5) is 5.85. The number of thiazole rings is 1. The molecule has 0 amide bonds. The van der Waals surface area contributed by atoms with E-state index in [1.165, 1.54) is 17.0 Å².